The molecule has 0 amide bonds. The fourth-order valence-corrected chi connectivity index (χ4v) is 3.34. The summed E-state index contributed by atoms with van der Waals surface area (Å²) in [7, 11) is 0. The van der Waals surface area contributed by atoms with Crippen molar-refractivity contribution >= 4 is 39.1 Å². The second-order valence-corrected chi connectivity index (χ2v) is 6.15. The van der Waals surface area contributed by atoms with E-state index in [0.717, 1.165) is 10.9 Å². The zero-order chi connectivity index (χ0) is 15.0. The standard InChI is InChI=1S/C13H9BrCl2N2O3/c14-6-4-8(15)11(9(16)5-6)21-13-7-2-1-3-20-10(7)12(19)17-18-13/h4-5H,1-3H2,(H,17,19). The van der Waals surface area contributed by atoms with Gasteiger partial charge in [-0.3, -0.25) is 4.79 Å². The Bertz CT molecular complexity index is 741. The van der Waals surface area contributed by atoms with Gasteiger partial charge in [0.15, 0.2) is 11.5 Å². The third kappa shape index (κ3) is 2.88. The van der Waals surface area contributed by atoms with E-state index < -0.39 is 0 Å². The van der Waals surface area contributed by atoms with Crippen molar-refractivity contribution in [3.05, 3.63) is 42.6 Å². The third-order valence-electron chi connectivity index (χ3n) is 2.98. The first-order valence-corrected chi connectivity index (χ1v) is 7.68. The van der Waals surface area contributed by atoms with Gasteiger partial charge in [-0.25, -0.2) is 5.10 Å². The van der Waals surface area contributed by atoms with Crippen molar-refractivity contribution < 1.29 is 9.47 Å². The van der Waals surface area contributed by atoms with Crippen LogP contribution in [0.3, 0.4) is 0 Å². The highest BCUT2D eigenvalue weighted by atomic mass is 79.9. The van der Waals surface area contributed by atoms with E-state index in [0.29, 0.717) is 28.6 Å². The van der Waals surface area contributed by atoms with Crippen molar-refractivity contribution in [1.82, 2.24) is 10.2 Å². The maximum absolute atomic E-state index is 11.7. The Morgan fingerprint density at radius 1 is 1.33 bits per heavy atom. The van der Waals surface area contributed by atoms with E-state index in [9.17, 15) is 4.79 Å². The molecule has 5 nitrogen and oxygen atoms in total. The zero-order valence-electron chi connectivity index (χ0n) is 10.6. The quantitative estimate of drug-likeness (QED) is 0.841. The summed E-state index contributed by atoms with van der Waals surface area (Å²) in [6, 6.07) is 3.33. The van der Waals surface area contributed by atoms with Crippen LogP contribution in [0.4, 0.5) is 0 Å². The number of nitrogens with one attached hydrogen (secondary N) is 1. The van der Waals surface area contributed by atoms with Crippen molar-refractivity contribution in [3.63, 3.8) is 0 Å². The maximum atomic E-state index is 11.7. The fourth-order valence-electron chi connectivity index (χ4n) is 2.06. The number of rotatable bonds is 2. The highest BCUT2D eigenvalue weighted by Gasteiger charge is 2.22. The molecule has 1 aliphatic heterocycles. The number of benzene rings is 1. The third-order valence-corrected chi connectivity index (χ3v) is 4.00. The van der Waals surface area contributed by atoms with Crippen LogP contribution < -0.4 is 15.0 Å². The second kappa shape index (κ2) is 5.87. The van der Waals surface area contributed by atoms with E-state index >= 15 is 0 Å². The fraction of sp³-hybridized carbons (Fsp3) is 0.231. The molecule has 3 rings (SSSR count). The van der Waals surface area contributed by atoms with Crippen LogP contribution in [-0.2, 0) is 6.42 Å². The average Bonchev–Trinajstić information content (AvgIpc) is 2.45. The van der Waals surface area contributed by atoms with Crippen molar-refractivity contribution in [1.29, 1.82) is 0 Å². The van der Waals surface area contributed by atoms with Crippen LogP contribution in [0.1, 0.15) is 12.0 Å². The first-order valence-electron chi connectivity index (χ1n) is 6.13. The van der Waals surface area contributed by atoms with Gasteiger partial charge in [-0.2, -0.15) is 0 Å². The van der Waals surface area contributed by atoms with Gasteiger partial charge in [0.05, 0.1) is 22.2 Å². The Morgan fingerprint density at radius 3 is 2.76 bits per heavy atom. The highest BCUT2D eigenvalue weighted by Crippen LogP contribution is 2.40. The first-order chi connectivity index (χ1) is 10.1. The van der Waals surface area contributed by atoms with Crippen molar-refractivity contribution in [2.24, 2.45) is 0 Å². The summed E-state index contributed by atoms with van der Waals surface area (Å²) in [5.74, 6) is 0.778. The number of aromatic amines is 1. The number of fused-ring (bicyclic) bond motifs is 1. The maximum Gasteiger partial charge on any atom is 0.307 e. The normalized spacial score (nSPS) is 13.5. The lowest BCUT2D eigenvalue weighted by molar-refractivity contribution is 0.276. The minimum absolute atomic E-state index is 0.246. The minimum Gasteiger partial charge on any atom is -0.487 e. The lowest BCUT2D eigenvalue weighted by Gasteiger charge is -2.18. The molecule has 0 saturated heterocycles. The molecule has 0 aliphatic carbocycles. The predicted molar refractivity (Wildman–Crippen MR) is 82.9 cm³/mol. The van der Waals surface area contributed by atoms with E-state index in [4.69, 9.17) is 32.7 Å². The number of hydrogen-bond donors (Lipinski definition) is 1. The molecule has 0 fully saturated rings. The average molecular weight is 392 g/mol. The van der Waals surface area contributed by atoms with E-state index in [1.54, 1.807) is 12.1 Å². The summed E-state index contributed by atoms with van der Waals surface area (Å²) in [5.41, 5.74) is 0.255. The van der Waals surface area contributed by atoms with Gasteiger partial charge in [0.2, 0.25) is 5.88 Å². The molecule has 0 unspecified atom stereocenters. The van der Waals surface area contributed by atoms with Gasteiger partial charge in [0.25, 0.3) is 0 Å². The molecule has 0 spiro atoms. The topological polar surface area (TPSA) is 64.2 Å². The van der Waals surface area contributed by atoms with Crippen LogP contribution >= 0.6 is 39.1 Å². The van der Waals surface area contributed by atoms with Crippen LogP contribution in [0.5, 0.6) is 17.4 Å². The van der Waals surface area contributed by atoms with Crippen LogP contribution in [0.2, 0.25) is 10.0 Å². The number of ether oxygens (including phenoxy) is 2. The van der Waals surface area contributed by atoms with Crippen molar-refractivity contribution in [2.45, 2.75) is 12.8 Å². The van der Waals surface area contributed by atoms with Gasteiger partial charge in [-0.05, 0) is 25.0 Å². The molecule has 0 saturated carbocycles. The monoisotopic (exact) mass is 390 g/mol. The molecule has 8 heteroatoms. The summed E-state index contributed by atoms with van der Waals surface area (Å²) in [6.07, 6.45) is 1.43. The van der Waals surface area contributed by atoms with Gasteiger partial charge in [0, 0.05) is 4.47 Å². The Morgan fingerprint density at radius 2 is 2.05 bits per heavy atom. The molecule has 21 heavy (non-hydrogen) atoms. The smallest absolute Gasteiger partial charge is 0.307 e. The highest BCUT2D eigenvalue weighted by molar-refractivity contribution is 9.10. The van der Waals surface area contributed by atoms with Crippen molar-refractivity contribution in [3.8, 4) is 17.4 Å². The lowest BCUT2D eigenvalue weighted by atomic mass is 10.1. The molecule has 1 aromatic carbocycles. The van der Waals surface area contributed by atoms with E-state index in [1.807, 2.05) is 0 Å². The number of aromatic nitrogens is 2. The lowest BCUT2D eigenvalue weighted by Crippen LogP contribution is -2.21. The number of halogens is 3. The number of nitrogens with zero attached hydrogens (tertiary/aromatic N) is 1. The molecule has 0 radical (unpaired) electrons. The van der Waals surface area contributed by atoms with Gasteiger partial charge in [0.1, 0.15) is 0 Å². The van der Waals surface area contributed by atoms with E-state index in [1.165, 1.54) is 0 Å². The Balaban J connectivity index is 2.05. The molecule has 2 aromatic rings. The van der Waals surface area contributed by atoms with Gasteiger partial charge >= 0.3 is 5.56 Å². The molecular formula is C13H9BrCl2N2O3. The van der Waals surface area contributed by atoms with E-state index in [-0.39, 0.29) is 22.9 Å². The van der Waals surface area contributed by atoms with Gasteiger partial charge in [-0.1, -0.05) is 39.1 Å². The Kier molecular flexibility index (Phi) is 4.10. The molecule has 110 valence electrons. The second-order valence-electron chi connectivity index (χ2n) is 4.42. The Hall–Kier alpha value is -1.24. The van der Waals surface area contributed by atoms with Crippen LogP contribution in [0.25, 0.3) is 0 Å². The molecule has 1 aromatic heterocycles. The molecular weight excluding hydrogens is 383 g/mol. The first kappa shape index (κ1) is 14.7. The van der Waals surface area contributed by atoms with Gasteiger partial charge in [-0.15, -0.1) is 5.10 Å². The van der Waals surface area contributed by atoms with Gasteiger partial charge < -0.3 is 9.47 Å². The molecule has 0 bridgehead atoms. The van der Waals surface area contributed by atoms with Crippen LogP contribution in [0, 0.1) is 0 Å². The molecule has 2 heterocycles. The number of H-pyrrole nitrogens is 1. The summed E-state index contributed by atoms with van der Waals surface area (Å²) in [6.45, 7) is 0.499. The SMILES string of the molecule is O=c1[nH]nc(Oc2c(Cl)cc(Br)cc2Cl)c2c1OCCC2. The molecule has 0 atom stereocenters. The van der Waals surface area contributed by atoms with Crippen LogP contribution in [-0.4, -0.2) is 16.8 Å². The summed E-state index contributed by atoms with van der Waals surface area (Å²) in [4.78, 5) is 11.7. The number of hydrogen-bond acceptors (Lipinski definition) is 4. The minimum atomic E-state index is -0.370. The molecule has 1 N–H and O–H groups in total. The van der Waals surface area contributed by atoms with E-state index in [2.05, 4.69) is 26.1 Å². The summed E-state index contributed by atoms with van der Waals surface area (Å²) in [5, 5.41) is 6.95. The predicted octanol–water partition coefficient (Wildman–Crippen LogP) is 3.96. The van der Waals surface area contributed by atoms with Crippen molar-refractivity contribution in [2.75, 3.05) is 6.61 Å². The Labute approximate surface area is 138 Å². The van der Waals surface area contributed by atoms with Crippen LogP contribution in [0.15, 0.2) is 21.4 Å². The largest absolute Gasteiger partial charge is 0.487 e. The zero-order valence-corrected chi connectivity index (χ0v) is 13.7. The summed E-state index contributed by atoms with van der Waals surface area (Å²) >= 11 is 15.6. The molecule has 1 aliphatic rings. The summed E-state index contributed by atoms with van der Waals surface area (Å²) < 4.78 is 11.8.